The molecular weight excluding hydrogens is 418 g/mol. The summed E-state index contributed by atoms with van der Waals surface area (Å²) in [6, 6.07) is 24.5. The van der Waals surface area contributed by atoms with Crippen LogP contribution in [0.4, 0.5) is 5.69 Å². The molecule has 3 aromatic rings. The van der Waals surface area contributed by atoms with Crippen LogP contribution < -0.4 is 15.1 Å². The van der Waals surface area contributed by atoms with Crippen LogP contribution in [0.1, 0.15) is 17.0 Å². The number of hydrazone groups is 1. The van der Waals surface area contributed by atoms with E-state index >= 15 is 0 Å². The monoisotopic (exact) mass is 439 g/mol. The van der Waals surface area contributed by atoms with E-state index in [1.807, 2.05) is 60.7 Å². The number of methoxy groups -OCH3 is 1. The number of hydrogen-bond acceptors (Lipinski definition) is 6. The average molecular weight is 439 g/mol. The van der Waals surface area contributed by atoms with Gasteiger partial charge >= 0.3 is 0 Å². The predicted molar refractivity (Wildman–Crippen MR) is 123 cm³/mol. The predicted octanol–water partition coefficient (Wildman–Crippen LogP) is 2.91. The number of nitrogens with zero attached hydrogens (tertiary/aromatic N) is 2. The van der Waals surface area contributed by atoms with E-state index in [2.05, 4.69) is 10.5 Å². The van der Waals surface area contributed by atoms with Crippen molar-refractivity contribution < 1.29 is 19.1 Å². The zero-order valence-corrected chi connectivity index (χ0v) is 17.8. The van der Waals surface area contributed by atoms with E-state index in [4.69, 9.17) is 4.74 Å². The van der Waals surface area contributed by atoms with Gasteiger partial charge in [-0.05, 0) is 23.3 Å². The minimum atomic E-state index is -0.980. The van der Waals surface area contributed by atoms with E-state index in [1.54, 1.807) is 24.3 Å². The van der Waals surface area contributed by atoms with E-state index in [0.717, 1.165) is 16.0 Å². The topological polar surface area (TPSA) is 88.1 Å². The molecule has 3 aromatic carbocycles. The minimum Gasteiger partial charge on any atom is -0.497 e. The molecule has 7 heteroatoms. The average Bonchev–Trinajstić information content (AvgIpc) is 3.40. The molecular formula is C26H21N3O4. The molecule has 2 amide bonds. The summed E-state index contributed by atoms with van der Waals surface area (Å²) in [7, 11) is 1.51. The van der Waals surface area contributed by atoms with E-state index in [0.29, 0.717) is 11.4 Å². The summed E-state index contributed by atoms with van der Waals surface area (Å²) in [5.41, 5.74) is 4.79. The fraction of sp³-hybridized carbons (Fsp3) is 0.154. The van der Waals surface area contributed by atoms with Crippen LogP contribution in [0.25, 0.3) is 0 Å². The second-order valence-corrected chi connectivity index (χ2v) is 7.91. The molecule has 2 atom stereocenters. The lowest BCUT2D eigenvalue weighted by Crippen LogP contribution is -2.36. The number of ether oxygens (including phenoxy) is 1. The molecule has 0 bridgehead atoms. The van der Waals surface area contributed by atoms with Gasteiger partial charge in [-0.1, -0.05) is 66.7 Å². The molecule has 164 valence electrons. The molecule has 0 spiro atoms. The molecule has 7 nitrogen and oxygen atoms in total. The first kappa shape index (κ1) is 20.6. The number of hydrogen-bond donors (Lipinski definition) is 1. The van der Waals surface area contributed by atoms with Crippen LogP contribution in [0.3, 0.4) is 0 Å². The first-order chi connectivity index (χ1) is 16.1. The van der Waals surface area contributed by atoms with Crippen molar-refractivity contribution in [3.63, 3.8) is 0 Å². The lowest BCUT2D eigenvalue weighted by molar-refractivity contribution is -0.122. The summed E-state index contributed by atoms with van der Waals surface area (Å²) in [5.74, 6) is -2.32. The highest BCUT2D eigenvalue weighted by Gasteiger charge is 2.56. The van der Waals surface area contributed by atoms with Crippen LogP contribution in [0.5, 0.6) is 5.75 Å². The summed E-state index contributed by atoms with van der Waals surface area (Å²) in [4.78, 5) is 41.4. The number of ketones is 1. The Kier molecular flexibility index (Phi) is 5.22. The second-order valence-electron chi connectivity index (χ2n) is 7.91. The largest absolute Gasteiger partial charge is 0.497 e. The van der Waals surface area contributed by atoms with Gasteiger partial charge in [0.1, 0.15) is 23.4 Å². The van der Waals surface area contributed by atoms with Crippen molar-refractivity contribution >= 4 is 29.0 Å². The smallest absolute Gasteiger partial charge is 0.259 e. The number of nitrogens with one attached hydrogen (secondary N) is 1. The van der Waals surface area contributed by atoms with Gasteiger partial charge in [0.05, 0.1) is 18.7 Å². The highest BCUT2D eigenvalue weighted by molar-refractivity contribution is 6.50. The van der Waals surface area contributed by atoms with Crippen LogP contribution in [-0.2, 0) is 14.4 Å². The van der Waals surface area contributed by atoms with E-state index in [9.17, 15) is 14.4 Å². The summed E-state index contributed by atoms with van der Waals surface area (Å²) < 4.78 is 5.22. The molecule has 0 radical (unpaired) electrons. The van der Waals surface area contributed by atoms with Gasteiger partial charge in [-0.25, -0.2) is 4.90 Å². The standard InChI is InChI=1S/C26H21N3O4/c1-33-19-14-8-13-18(15-19)29-25(31)21-22(27-28-23(21)26(29)32)24(30)20(16-9-4-2-5-10-16)17-11-6-3-7-12-17/h2-15,20-21,23,28H,1H3. The molecule has 2 unspecified atom stereocenters. The number of carbonyl (C=O) groups is 3. The van der Waals surface area contributed by atoms with E-state index < -0.39 is 29.7 Å². The molecule has 2 aliphatic rings. The molecule has 0 aliphatic carbocycles. The number of Topliss-reactive ketones (excluding diaryl/α,β-unsaturated/α-hetero) is 1. The van der Waals surface area contributed by atoms with Crippen LogP contribution in [0.15, 0.2) is 90.0 Å². The lowest BCUT2D eigenvalue weighted by atomic mass is 9.82. The molecule has 0 aromatic heterocycles. The molecule has 1 saturated heterocycles. The zero-order valence-electron chi connectivity index (χ0n) is 17.8. The Bertz CT molecular complexity index is 1220. The third kappa shape index (κ3) is 3.47. The molecule has 2 heterocycles. The number of carbonyl (C=O) groups excluding carboxylic acids is 3. The summed E-state index contributed by atoms with van der Waals surface area (Å²) >= 11 is 0. The maximum atomic E-state index is 13.8. The molecule has 33 heavy (non-hydrogen) atoms. The number of fused-ring (bicyclic) bond motifs is 1. The van der Waals surface area contributed by atoms with Crippen LogP contribution in [0.2, 0.25) is 0 Å². The van der Waals surface area contributed by atoms with Crippen molar-refractivity contribution in [2.75, 3.05) is 12.0 Å². The van der Waals surface area contributed by atoms with E-state index in [-0.39, 0.29) is 11.5 Å². The van der Waals surface area contributed by atoms with Gasteiger partial charge in [-0.15, -0.1) is 0 Å². The fourth-order valence-electron chi connectivity index (χ4n) is 4.43. The van der Waals surface area contributed by atoms with Gasteiger partial charge in [0.15, 0.2) is 5.78 Å². The van der Waals surface area contributed by atoms with Crippen molar-refractivity contribution in [3.8, 4) is 5.75 Å². The number of amides is 2. The van der Waals surface area contributed by atoms with Crippen molar-refractivity contribution in [2.45, 2.75) is 12.0 Å². The highest BCUT2D eigenvalue weighted by Crippen LogP contribution is 2.35. The Morgan fingerprint density at radius 2 is 1.55 bits per heavy atom. The minimum absolute atomic E-state index is 0.0708. The van der Waals surface area contributed by atoms with E-state index in [1.165, 1.54) is 7.11 Å². The number of imide groups is 1. The number of anilines is 1. The molecule has 0 saturated carbocycles. The third-order valence-electron chi connectivity index (χ3n) is 6.02. The Balaban J connectivity index is 1.51. The molecule has 5 rings (SSSR count). The fourth-order valence-corrected chi connectivity index (χ4v) is 4.43. The highest BCUT2D eigenvalue weighted by atomic mass is 16.5. The molecule has 1 N–H and O–H groups in total. The first-order valence-electron chi connectivity index (χ1n) is 10.6. The molecule has 1 fully saturated rings. The van der Waals surface area contributed by atoms with Gasteiger partial charge in [0.2, 0.25) is 5.91 Å². The maximum absolute atomic E-state index is 13.8. The Labute approximate surface area is 190 Å². The summed E-state index contributed by atoms with van der Waals surface area (Å²) in [6.07, 6.45) is 0. The van der Waals surface area contributed by atoms with Crippen LogP contribution in [0, 0.1) is 5.92 Å². The SMILES string of the molecule is COc1cccc(N2C(=O)C3NN=C(C(=O)C(c4ccccc4)c4ccccc4)C3C2=O)c1. The number of benzene rings is 3. The normalized spacial score (nSPS) is 19.3. The quantitative estimate of drug-likeness (QED) is 0.597. The Morgan fingerprint density at radius 1 is 0.909 bits per heavy atom. The van der Waals surface area contributed by atoms with Gasteiger partial charge in [-0.2, -0.15) is 5.10 Å². The summed E-state index contributed by atoms with van der Waals surface area (Å²) in [5, 5.41) is 4.18. The van der Waals surface area contributed by atoms with Crippen LogP contribution in [-0.4, -0.2) is 36.5 Å². The third-order valence-corrected chi connectivity index (χ3v) is 6.02. The van der Waals surface area contributed by atoms with Crippen molar-refractivity contribution in [1.82, 2.24) is 5.43 Å². The molecule has 2 aliphatic heterocycles. The van der Waals surface area contributed by atoms with Gasteiger partial charge in [0.25, 0.3) is 5.91 Å². The lowest BCUT2D eigenvalue weighted by Gasteiger charge is -2.19. The Hall–Kier alpha value is -4.26. The van der Waals surface area contributed by atoms with Crippen molar-refractivity contribution in [3.05, 3.63) is 96.1 Å². The van der Waals surface area contributed by atoms with Gasteiger partial charge < -0.3 is 4.74 Å². The van der Waals surface area contributed by atoms with Gasteiger partial charge in [0, 0.05) is 6.07 Å². The first-order valence-corrected chi connectivity index (χ1v) is 10.6. The number of rotatable bonds is 6. The second kappa shape index (κ2) is 8.35. The van der Waals surface area contributed by atoms with Crippen LogP contribution >= 0.6 is 0 Å². The van der Waals surface area contributed by atoms with Gasteiger partial charge in [-0.3, -0.25) is 19.8 Å². The zero-order chi connectivity index (χ0) is 22.9. The summed E-state index contributed by atoms with van der Waals surface area (Å²) in [6.45, 7) is 0. The van der Waals surface area contributed by atoms with Crippen molar-refractivity contribution in [2.24, 2.45) is 11.0 Å². The Morgan fingerprint density at radius 3 is 2.15 bits per heavy atom. The van der Waals surface area contributed by atoms with Crippen molar-refractivity contribution in [1.29, 1.82) is 0 Å². The maximum Gasteiger partial charge on any atom is 0.259 e.